The molecule has 4 heteroatoms. The number of likely N-dealkylation sites (tertiary alicyclic amines) is 1. The van der Waals surface area contributed by atoms with E-state index >= 15 is 0 Å². The van der Waals surface area contributed by atoms with Crippen LogP contribution in [-0.2, 0) is 0 Å². The van der Waals surface area contributed by atoms with Gasteiger partial charge in [-0.15, -0.1) is 0 Å². The van der Waals surface area contributed by atoms with Crippen LogP contribution in [0.2, 0.25) is 0 Å². The lowest BCUT2D eigenvalue weighted by Crippen LogP contribution is -2.31. The van der Waals surface area contributed by atoms with Gasteiger partial charge in [0.1, 0.15) is 11.4 Å². The zero-order valence-electron chi connectivity index (χ0n) is 15.5. The van der Waals surface area contributed by atoms with E-state index in [1.165, 1.54) is 32.4 Å². The first-order valence-corrected chi connectivity index (χ1v) is 9.70. The number of benzene rings is 1. The maximum absolute atomic E-state index is 5.92. The molecule has 1 aromatic carbocycles. The van der Waals surface area contributed by atoms with E-state index < -0.39 is 0 Å². The third kappa shape index (κ3) is 3.75. The largest absolute Gasteiger partial charge is 0.494 e. The van der Waals surface area contributed by atoms with Crippen LogP contribution in [0.5, 0.6) is 5.75 Å². The highest BCUT2D eigenvalue weighted by Gasteiger charge is 2.11. The number of hydrogen-bond acceptors (Lipinski definition) is 3. The van der Waals surface area contributed by atoms with Crippen LogP contribution in [0, 0.1) is 6.92 Å². The lowest BCUT2D eigenvalue weighted by atomic mass is 10.1. The summed E-state index contributed by atoms with van der Waals surface area (Å²) in [6.45, 7) is 6.56. The number of imidazole rings is 1. The molecular formula is C22H27N3O. The molecule has 0 bridgehead atoms. The zero-order valence-corrected chi connectivity index (χ0v) is 15.5. The minimum atomic E-state index is 0.781. The summed E-state index contributed by atoms with van der Waals surface area (Å²) in [5.74, 6) is 0.939. The number of fused-ring (bicyclic) bond motifs is 1. The quantitative estimate of drug-likeness (QED) is 0.611. The molecule has 0 amide bonds. The van der Waals surface area contributed by atoms with E-state index in [9.17, 15) is 0 Å². The van der Waals surface area contributed by atoms with Crippen LogP contribution in [-0.4, -0.2) is 40.5 Å². The van der Waals surface area contributed by atoms with Crippen LogP contribution < -0.4 is 4.74 Å². The van der Waals surface area contributed by atoms with Crippen molar-refractivity contribution in [2.75, 3.05) is 26.2 Å². The number of piperidine rings is 1. The molecule has 3 heterocycles. The first kappa shape index (κ1) is 17.1. The Balaban J connectivity index is 1.35. The zero-order chi connectivity index (χ0) is 17.8. The first-order valence-electron chi connectivity index (χ1n) is 9.70. The predicted octanol–water partition coefficient (Wildman–Crippen LogP) is 4.56. The number of rotatable bonds is 6. The summed E-state index contributed by atoms with van der Waals surface area (Å²) < 4.78 is 8.05. The highest BCUT2D eigenvalue weighted by Crippen LogP contribution is 2.25. The van der Waals surface area contributed by atoms with Crippen LogP contribution in [0.3, 0.4) is 0 Å². The number of nitrogens with zero attached hydrogens (tertiary/aromatic N) is 3. The average molecular weight is 349 g/mol. The van der Waals surface area contributed by atoms with Crippen LogP contribution in [0.25, 0.3) is 16.9 Å². The molecule has 1 saturated heterocycles. The van der Waals surface area contributed by atoms with Crippen molar-refractivity contribution in [2.45, 2.75) is 32.6 Å². The maximum Gasteiger partial charge on any atom is 0.137 e. The summed E-state index contributed by atoms with van der Waals surface area (Å²) in [5, 5.41) is 0. The van der Waals surface area contributed by atoms with Gasteiger partial charge in [-0.1, -0.05) is 12.5 Å². The highest BCUT2D eigenvalue weighted by atomic mass is 16.5. The van der Waals surface area contributed by atoms with Gasteiger partial charge in [0, 0.05) is 24.0 Å². The van der Waals surface area contributed by atoms with E-state index in [1.54, 1.807) is 0 Å². The van der Waals surface area contributed by atoms with Crippen LogP contribution in [0.4, 0.5) is 0 Å². The number of ether oxygens (including phenoxy) is 1. The number of pyridine rings is 1. The Labute approximate surface area is 155 Å². The van der Waals surface area contributed by atoms with Crippen LogP contribution in [0.1, 0.15) is 31.4 Å². The Kier molecular flexibility index (Phi) is 5.21. The summed E-state index contributed by atoms with van der Waals surface area (Å²) >= 11 is 0. The third-order valence-corrected chi connectivity index (χ3v) is 5.23. The molecule has 2 aromatic heterocycles. The molecule has 3 aromatic rings. The summed E-state index contributed by atoms with van der Waals surface area (Å²) in [6.07, 6.45) is 7.25. The highest BCUT2D eigenvalue weighted by molar-refractivity contribution is 5.66. The van der Waals surface area contributed by atoms with Gasteiger partial charge in [-0.3, -0.25) is 0 Å². The van der Waals surface area contributed by atoms with Gasteiger partial charge < -0.3 is 14.0 Å². The van der Waals surface area contributed by atoms with Crippen molar-refractivity contribution < 1.29 is 4.74 Å². The second-order valence-corrected chi connectivity index (χ2v) is 7.10. The van der Waals surface area contributed by atoms with Crippen molar-refractivity contribution in [3.8, 4) is 17.0 Å². The van der Waals surface area contributed by atoms with E-state index in [4.69, 9.17) is 9.72 Å². The van der Waals surface area contributed by atoms with Crippen molar-refractivity contribution >= 4 is 5.65 Å². The number of aryl methyl sites for hydroxylation is 1. The molecule has 26 heavy (non-hydrogen) atoms. The normalized spacial score (nSPS) is 15.4. The Morgan fingerprint density at radius 1 is 1.00 bits per heavy atom. The van der Waals surface area contributed by atoms with Crippen molar-refractivity contribution in [1.82, 2.24) is 14.3 Å². The molecule has 0 unspecified atom stereocenters. The third-order valence-electron chi connectivity index (χ3n) is 5.23. The van der Waals surface area contributed by atoms with Crippen molar-refractivity contribution in [3.05, 3.63) is 54.4 Å². The van der Waals surface area contributed by atoms with Crippen LogP contribution in [0.15, 0.2) is 48.7 Å². The molecule has 1 aliphatic heterocycles. The molecule has 0 saturated carbocycles. The van der Waals surface area contributed by atoms with Gasteiger partial charge in [0.25, 0.3) is 0 Å². The molecule has 0 atom stereocenters. The Morgan fingerprint density at radius 2 is 1.81 bits per heavy atom. The summed E-state index contributed by atoms with van der Waals surface area (Å²) in [4.78, 5) is 7.31. The second-order valence-electron chi connectivity index (χ2n) is 7.10. The van der Waals surface area contributed by atoms with E-state index in [-0.39, 0.29) is 0 Å². The standard InChI is InChI=1S/C22H27N3O/c1-18-22(23-21-8-3-6-16-25(18)21)19-9-11-20(12-10-19)26-17-7-15-24-13-4-2-5-14-24/h3,6,8-12,16H,2,4-5,7,13-15,17H2,1H3. The van der Waals surface area contributed by atoms with Crippen molar-refractivity contribution in [1.29, 1.82) is 0 Å². The fourth-order valence-corrected chi connectivity index (χ4v) is 3.76. The maximum atomic E-state index is 5.92. The smallest absolute Gasteiger partial charge is 0.137 e. The summed E-state index contributed by atoms with van der Waals surface area (Å²) in [6, 6.07) is 14.4. The van der Waals surface area contributed by atoms with Gasteiger partial charge in [0.15, 0.2) is 0 Å². The molecule has 0 spiro atoms. The topological polar surface area (TPSA) is 29.8 Å². The summed E-state index contributed by atoms with van der Waals surface area (Å²) in [5.41, 5.74) is 4.31. The SMILES string of the molecule is Cc1c(-c2ccc(OCCCN3CCCCC3)cc2)nc2ccccn12. The van der Waals surface area contributed by atoms with Gasteiger partial charge in [-0.2, -0.15) is 0 Å². The van der Waals surface area contributed by atoms with Gasteiger partial charge >= 0.3 is 0 Å². The Hall–Kier alpha value is -2.33. The van der Waals surface area contributed by atoms with E-state index in [2.05, 4.69) is 46.7 Å². The monoisotopic (exact) mass is 349 g/mol. The van der Waals surface area contributed by atoms with E-state index in [0.29, 0.717) is 0 Å². The molecular weight excluding hydrogens is 322 g/mol. The molecule has 4 rings (SSSR count). The molecule has 136 valence electrons. The molecule has 1 aliphatic rings. The summed E-state index contributed by atoms with van der Waals surface area (Å²) in [7, 11) is 0. The van der Waals surface area contributed by atoms with E-state index in [0.717, 1.165) is 47.9 Å². The van der Waals surface area contributed by atoms with Crippen molar-refractivity contribution in [3.63, 3.8) is 0 Å². The van der Waals surface area contributed by atoms with Gasteiger partial charge in [-0.05, 0) is 75.7 Å². The average Bonchev–Trinajstić information content (AvgIpc) is 3.04. The fourth-order valence-electron chi connectivity index (χ4n) is 3.76. The molecule has 0 N–H and O–H groups in total. The second kappa shape index (κ2) is 7.92. The van der Waals surface area contributed by atoms with Gasteiger partial charge in [-0.25, -0.2) is 4.98 Å². The lowest BCUT2D eigenvalue weighted by molar-refractivity contribution is 0.205. The number of aromatic nitrogens is 2. The molecule has 0 radical (unpaired) electrons. The van der Waals surface area contributed by atoms with Gasteiger partial charge in [0.05, 0.1) is 12.3 Å². The minimum absolute atomic E-state index is 0.781. The van der Waals surface area contributed by atoms with Crippen LogP contribution >= 0.6 is 0 Å². The first-order chi connectivity index (χ1) is 12.8. The lowest BCUT2D eigenvalue weighted by Gasteiger charge is -2.26. The predicted molar refractivity (Wildman–Crippen MR) is 106 cm³/mol. The van der Waals surface area contributed by atoms with Gasteiger partial charge in [0.2, 0.25) is 0 Å². The Bertz CT molecular complexity index is 847. The molecule has 1 fully saturated rings. The Morgan fingerprint density at radius 3 is 2.58 bits per heavy atom. The van der Waals surface area contributed by atoms with Crippen molar-refractivity contribution in [2.24, 2.45) is 0 Å². The molecule has 0 aliphatic carbocycles. The molecule has 4 nitrogen and oxygen atoms in total. The minimum Gasteiger partial charge on any atom is -0.494 e. The number of hydrogen-bond donors (Lipinski definition) is 0. The van der Waals surface area contributed by atoms with E-state index in [1.807, 2.05) is 18.2 Å². The fraction of sp³-hybridized carbons (Fsp3) is 0.409.